The van der Waals surface area contributed by atoms with Gasteiger partial charge in [0.05, 0.1) is 5.56 Å². The van der Waals surface area contributed by atoms with Gasteiger partial charge in [0.15, 0.2) is 0 Å². The molecule has 0 amide bonds. The second-order valence-corrected chi connectivity index (χ2v) is 3.13. The Bertz CT molecular complexity index is 342. The van der Waals surface area contributed by atoms with Crippen molar-refractivity contribution in [1.29, 1.82) is 5.26 Å². The van der Waals surface area contributed by atoms with Crippen LogP contribution in [0.3, 0.4) is 0 Å². The van der Waals surface area contributed by atoms with E-state index in [-0.39, 0.29) is 22.2 Å². The van der Waals surface area contributed by atoms with E-state index in [1.54, 1.807) is 6.07 Å². The quantitative estimate of drug-likeness (QED) is 0.657. The number of aromatic nitrogens is 1. The summed E-state index contributed by atoms with van der Waals surface area (Å²) in [6, 6.07) is 2.74. The highest BCUT2D eigenvalue weighted by Crippen LogP contribution is 2.36. The second-order valence-electron chi connectivity index (χ2n) is 1.99. The highest BCUT2D eigenvalue weighted by molar-refractivity contribution is 8.00. The van der Waals surface area contributed by atoms with Gasteiger partial charge in [-0.05, 0) is 17.8 Å². The molecule has 0 bridgehead atoms. The Kier molecular flexibility index (Phi) is 2.78. The molecule has 1 radical (unpaired) electrons. The van der Waals surface area contributed by atoms with Crippen LogP contribution < -0.4 is 0 Å². The molecule has 2 nitrogen and oxygen atoms in total. The molecule has 0 unspecified atom stereocenters. The number of hydrogen-bond acceptors (Lipinski definition) is 3. The van der Waals surface area contributed by atoms with Crippen molar-refractivity contribution in [2.75, 3.05) is 0 Å². The first-order chi connectivity index (χ1) is 6.01. The molecule has 1 rings (SSSR count). The van der Waals surface area contributed by atoms with Gasteiger partial charge in [0.2, 0.25) is 0 Å². The molecule has 1 aromatic heterocycles. The van der Waals surface area contributed by atoms with Crippen molar-refractivity contribution in [3.8, 4) is 6.07 Å². The van der Waals surface area contributed by atoms with Crippen LogP contribution in [-0.2, 0) is 0 Å². The fourth-order valence-corrected chi connectivity index (χ4v) is 1.17. The van der Waals surface area contributed by atoms with Gasteiger partial charge < -0.3 is 0 Å². The van der Waals surface area contributed by atoms with E-state index in [2.05, 4.69) is 11.2 Å². The first kappa shape index (κ1) is 9.86. The molecular weight excluding hydrogens is 201 g/mol. The van der Waals surface area contributed by atoms with Gasteiger partial charge >= 0.3 is 5.51 Å². The summed E-state index contributed by atoms with van der Waals surface area (Å²) in [5, 5.41) is 8.35. The lowest BCUT2D eigenvalue weighted by atomic mass is 10.3. The minimum atomic E-state index is -4.35. The maximum atomic E-state index is 11.8. The fraction of sp³-hybridized carbons (Fsp3) is 0.143. The predicted molar refractivity (Wildman–Crippen MR) is 39.7 cm³/mol. The molecule has 0 atom stereocenters. The SMILES string of the molecule is N#Cc1[c]ncc(SC(F)(F)F)c1. The Morgan fingerprint density at radius 2 is 2.23 bits per heavy atom. The van der Waals surface area contributed by atoms with Gasteiger partial charge in [-0.3, -0.25) is 4.98 Å². The van der Waals surface area contributed by atoms with Gasteiger partial charge in [0.25, 0.3) is 0 Å². The summed E-state index contributed by atoms with van der Waals surface area (Å²) in [5.41, 5.74) is -4.36. The molecule has 0 aliphatic rings. The monoisotopic (exact) mass is 203 g/mol. The maximum absolute atomic E-state index is 11.8. The van der Waals surface area contributed by atoms with Crippen molar-refractivity contribution in [1.82, 2.24) is 4.98 Å². The van der Waals surface area contributed by atoms with Crippen LogP contribution in [-0.4, -0.2) is 10.5 Å². The van der Waals surface area contributed by atoms with Crippen LogP contribution in [0.15, 0.2) is 17.2 Å². The summed E-state index contributed by atoms with van der Waals surface area (Å²) in [5.74, 6) is 0. The molecule has 1 aromatic rings. The molecule has 13 heavy (non-hydrogen) atoms. The number of nitrogens with zero attached hydrogens (tertiary/aromatic N) is 2. The van der Waals surface area contributed by atoms with Crippen molar-refractivity contribution in [3.63, 3.8) is 0 Å². The van der Waals surface area contributed by atoms with Crippen molar-refractivity contribution < 1.29 is 13.2 Å². The molecule has 0 aromatic carbocycles. The topological polar surface area (TPSA) is 36.7 Å². The zero-order valence-corrected chi connectivity index (χ0v) is 6.91. The third-order valence-corrected chi connectivity index (χ3v) is 1.71. The second kappa shape index (κ2) is 3.66. The van der Waals surface area contributed by atoms with E-state index in [4.69, 9.17) is 5.26 Å². The van der Waals surface area contributed by atoms with Crippen molar-refractivity contribution in [2.45, 2.75) is 10.4 Å². The normalized spacial score (nSPS) is 10.9. The van der Waals surface area contributed by atoms with E-state index < -0.39 is 5.51 Å². The lowest BCUT2D eigenvalue weighted by Crippen LogP contribution is -1.99. The lowest BCUT2D eigenvalue weighted by Gasteiger charge is -2.03. The molecule has 0 spiro atoms. The zero-order chi connectivity index (χ0) is 9.90. The summed E-state index contributed by atoms with van der Waals surface area (Å²) < 4.78 is 35.5. The highest BCUT2D eigenvalue weighted by Gasteiger charge is 2.29. The smallest absolute Gasteiger partial charge is 0.252 e. The predicted octanol–water partition coefficient (Wildman–Crippen LogP) is 2.37. The fourth-order valence-electron chi connectivity index (χ4n) is 0.624. The Balaban J connectivity index is 2.86. The third kappa shape index (κ3) is 3.34. The van der Waals surface area contributed by atoms with E-state index in [0.29, 0.717) is 0 Å². The van der Waals surface area contributed by atoms with Crippen LogP contribution in [0.25, 0.3) is 0 Å². The molecule has 0 N–H and O–H groups in total. The van der Waals surface area contributed by atoms with E-state index >= 15 is 0 Å². The third-order valence-electron chi connectivity index (χ3n) is 1.02. The lowest BCUT2D eigenvalue weighted by molar-refractivity contribution is -0.0328. The van der Waals surface area contributed by atoms with E-state index in [9.17, 15) is 13.2 Å². The van der Waals surface area contributed by atoms with Crippen LogP contribution in [0, 0.1) is 17.5 Å². The van der Waals surface area contributed by atoms with E-state index in [0.717, 1.165) is 12.3 Å². The van der Waals surface area contributed by atoms with Crippen molar-refractivity contribution >= 4 is 11.8 Å². The molecule has 0 aliphatic heterocycles. The number of thioether (sulfide) groups is 1. The Morgan fingerprint density at radius 3 is 2.77 bits per heavy atom. The molecule has 0 aliphatic carbocycles. The number of alkyl halides is 3. The summed E-state index contributed by atoms with van der Waals surface area (Å²) in [7, 11) is 0. The molecule has 1 heterocycles. The van der Waals surface area contributed by atoms with Crippen LogP contribution in [0.4, 0.5) is 13.2 Å². The van der Waals surface area contributed by atoms with Gasteiger partial charge in [-0.1, -0.05) is 0 Å². The zero-order valence-electron chi connectivity index (χ0n) is 6.09. The van der Waals surface area contributed by atoms with E-state index in [1.165, 1.54) is 0 Å². The van der Waals surface area contributed by atoms with Crippen molar-refractivity contribution in [3.05, 3.63) is 24.0 Å². The maximum Gasteiger partial charge on any atom is 0.446 e. The van der Waals surface area contributed by atoms with Gasteiger partial charge in [0.1, 0.15) is 12.3 Å². The molecule has 0 saturated heterocycles. The van der Waals surface area contributed by atoms with Crippen LogP contribution >= 0.6 is 11.8 Å². The minimum absolute atomic E-state index is 0.00532. The van der Waals surface area contributed by atoms with Gasteiger partial charge in [0, 0.05) is 11.1 Å². The largest absolute Gasteiger partial charge is 0.446 e. The standard InChI is InChI=1S/C7H2F3N2S/c8-7(9,10)13-6-1-5(2-11)3-12-4-6/h1,4H. The Morgan fingerprint density at radius 1 is 1.54 bits per heavy atom. The summed E-state index contributed by atoms with van der Waals surface area (Å²) in [4.78, 5) is 3.26. The molecule has 67 valence electrons. The van der Waals surface area contributed by atoms with Crippen LogP contribution in [0.1, 0.15) is 5.56 Å². The molecule has 6 heteroatoms. The summed E-state index contributed by atoms with van der Waals surface area (Å²) in [6.07, 6.45) is 3.27. The average Bonchev–Trinajstić information content (AvgIpc) is 2.01. The highest BCUT2D eigenvalue weighted by atomic mass is 32.2. The van der Waals surface area contributed by atoms with Crippen LogP contribution in [0.5, 0.6) is 0 Å². The number of pyridine rings is 1. The van der Waals surface area contributed by atoms with Crippen molar-refractivity contribution in [2.24, 2.45) is 0 Å². The average molecular weight is 203 g/mol. The number of nitriles is 1. The van der Waals surface area contributed by atoms with Crippen LogP contribution in [0.2, 0.25) is 0 Å². The van der Waals surface area contributed by atoms with Gasteiger partial charge in [-0.2, -0.15) is 18.4 Å². The van der Waals surface area contributed by atoms with Gasteiger partial charge in [-0.25, -0.2) is 0 Å². The van der Waals surface area contributed by atoms with E-state index in [1.807, 2.05) is 0 Å². The molecule has 0 saturated carbocycles. The first-order valence-corrected chi connectivity index (χ1v) is 3.86. The van der Waals surface area contributed by atoms with Gasteiger partial charge in [-0.15, -0.1) is 0 Å². The molecular formula is C7H2F3N2S. The first-order valence-electron chi connectivity index (χ1n) is 3.05. The number of hydrogen-bond donors (Lipinski definition) is 0. The Hall–Kier alpha value is -1.22. The summed E-state index contributed by atoms with van der Waals surface area (Å²) >= 11 is -0.303. The number of rotatable bonds is 1. The number of halogens is 3. The minimum Gasteiger partial charge on any atom is -0.252 e. The molecule has 0 fully saturated rings. The summed E-state index contributed by atoms with van der Waals surface area (Å²) in [6.45, 7) is 0. The Labute approximate surface area is 76.4 Å².